The number of hydrogen-bond donors (Lipinski definition) is 1. The van der Waals surface area contributed by atoms with Gasteiger partial charge in [0.15, 0.2) is 11.4 Å². The Hall–Kier alpha value is -1.24. The van der Waals surface area contributed by atoms with Crippen molar-refractivity contribution in [3.63, 3.8) is 0 Å². The van der Waals surface area contributed by atoms with Crippen LogP contribution in [-0.4, -0.2) is 22.8 Å². The summed E-state index contributed by atoms with van der Waals surface area (Å²) < 4.78 is 41.1. The van der Waals surface area contributed by atoms with Gasteiger partial charge in [-0.1, -0.05) is 11.6 Å². The molecule has 1 N–H and O–H groups in total. The number of ether oxygens (including phenoxy) is 1. The van der Waals surface area contributed by atoms with Crippen molar-refractivity contribution in [3.8, 4) is 0 Å². The van der Waals surface area contributed by atoms with Crippen LogP contribution in [0.25, 0.3) is 0 Å². The number of halogens is 4. The van der Waals surface area contributed by atoms with Crippen LogP contribution in [0.3, 0.4) is 0 Å². The van der Waals surface area contributed by atoms with E-state index in [-0.39, 0.29) is 6.61 Å². The summed E-state index contributed by atoms with van der Waals surface area (Å²) in [4.78, 5) is 11.0. The van der Waals surface area contributed by atoms with E-state index >= 15 is 0 Å². The van der Waals surface area contributed by atoms with Crippen LogP contribution in [0, 0.1) is 0 Å². The number of esters is 1. The summed E-state index contributed by atoms with van der Waals surface area (Å²) in [5.41, 5.74) is -1.82. The van der Waals surface area contributed by atoms with Crippen LogP contribution < -0.4 is 0 Å². The Morgan fingerprint density at radius 3 is 2.60 bits per heavy atom. The molecule has 0 atom stereocenters. The van der Waals surface area contributed by atoms with Gasteiger partial charge < -0.3 is 4.74 Å². The van der Waals surface area contributed by atoms with Gasteiger partial charge in [-0.05, 0) is 6.92 Å². The van der Waals surface area contributed by atoms with Crippen molar-refractivity contribution < 1.29 is 22.7 Å². The fourth-order valence-electron chi connectivity index (χ4n) is 0.851. The number of aromatic amines is 1. The fourth-order valence-corrected chi connectivity index (χ4v) is 1.12. The molecule has 1 heterocycles. The summed E-state index contributed by atoms with van der Waals surface area (Å²) in [6, 6.07) is 0. The van der Waals surface area contributed by atoms with Gasteiger partial charge in [0, 0.05) is 0 Å². The monoisotopic (exact) mass is 242 g/mol. The number of carbonyl (C=O) groups is 1. The minimum Gasteiger partial charge on any atom is -0.461 e. The van der Waals surface area contributed by atoms with Crippen LogP contribution >= 0.6 is 11.6 Å². The molecule has 15 heavy (non-hydrogen) atoms. The normalized spacial score (nSPS) is 11.5. The molecule has 1 rings (SSSR count). The predicted molar refractivity (Wildman–Crippen MR) is 44.6 cm³/mol. The highest BCUT2D eigenvalue weighted by molar-refractivity contribution is 6.34. The molecule has 84 valence electrons. The smallest absolute Gasteiger partial charge is 0.434 e. The molecule has 0 unspecified atom stereocenters. The molecule has 1 aromatic rings. The highest BCUT2D eigenvalue weighted by atomic mass is 35.5. The number of nitrogens with one attached hydrogen (secondary N) is 1. The van der Waals surface area contributed by atoms with Gasteiger partial charge in [0.1, 0.15) is 5.02 Å². The summed E-state index contributed by atoms with van der Waals surface area (Å²) in [7, 11) is 0. The summed E-state index contributed by atoms with van der Waals surface area (Å²) in [6.07, 6.45) is -4.67. The van der Waals surface area contributed by atoms with E-state index in [1.54, 1.807) is 5.10 Å². The lowest BCUT2D eigenvalue weighted by Gasteiger charge is -2.02. The van der Waals surface area contributed by atoms with E-state index in [2.05, 4.69) is 9.84 Å². The van der Waals surface area contributed by atoms with Gasteiger partial charge in [0.05, 0.1) is 6.61 Å². The number of hydrogen-bond acceptors (Lipinski definition) is 3. The Labute approximate surface area is 87.4 Å². The predicted octanol–water partition coefficient (Wildman–Crippen LogP) is 2.26. The average molecular weight is 243 g/mol. The molecule has 0 aliphatic heterocycles. The number of nitrogens with zero attached hydrogens (tertiary/aromatic N) is 1. The molecule has 0 saturated heterocycles. The second-order valence-corrected chi connectivity index (χ2v) is 2.86. The van der Waals surface area contributed by atoms with Crippen molar-refractivity contribution in [1.82, 2.24) is 10.2 Å². The topological polar surface area (TPSA) is 55.0 Å². The molecule has 1 aromatic heterocycles. The molecule has 0 bridgehead atoms. The highest BCUT2D eigenvalue weighted by Gasteiger charge is 2.38. The molecule has 0 aliphatic rings. The van der Waals surface area contributed by atoms with E-state index in [0.29, 0.717) is 0 Å². The summed E-state index contributed by atoms with van der Waals surface area (Å²) in [5.74, 6) is -0.991. The molecule has 0 aliphatic carbocycles. The zero-order valence-electron chi connectivity index (χ0n) is 7.48. The molecular weight excluding hydrogens is 237 g/mol. The van der Waals surface area contributed by atoms with Gasteiger partial charge in [-0.25, -0.2) is 4.79 Å². The first kappa shape index (κ1) is 11.8. The number of rotatable bonds is 2. The second kappa shape index (κ2) is 4.09. The van der Waals surface area contributed by atoms with Crippen molar-refractivity contribution in [2.75, 3.05) is 6.61 Å². The molecule has 0 saturated carbocycles. The van der Waals surface area contributed by atoms with Crippen LogP contribution in [0.4, 0.5) is 13.2 Å². The van der Waals surface area contributed by atoms with Gasteiger partial charge in [0.25, 0.3) is 0 Å². The maximum absolute atomic E-state index is 12.2. The van der Waals surface area contributed by atoms with Crippen LogP contribution in [0.2, 0.25) is 5.02 Å². The first-order valence-electron chi connectivity index (χ1n) is 3.86. The quantitative estimate of drug-likeness (QED) is 0.810. The third kappa shape index (κ3) is 2.41. The van der Waals surface area contributed by atoms with Gasteiger partial charge in [0.2, 0.25) is 0 Å². The average Bonchev–Trinajstić information content (AvgIpc) is 2.46. The minimum atomic E-state index is -4.67. The Kier molecular flexibility index (Phi) is 3.23. The summed E-state index contributed by atoms with van der Waals surface area (Å²) in [5, 5.41) is 4.02. The number of alkyl halides is 3. The molecule has 0 spiro atoms. The zero-order chi connectivity index (χ0) is 11.6. The van der Waals surface area contributed by atoms with E-state index in [9.17, 15) is 18.0 Å². The fraction of sp³-hybridized carbons (Fsp3) is 0.429. The number of carbonyl (C=O) groups excluding carboxylic acids is 1. The number of aromatic nitrogens is 2. The molecule has 0 aromatic carbocycles. The zero-order valence-corrected chi connectivity index (χ0v) is 8.24. The first-order valence-corrected chi connectivity index (χ1v) is 4.24. The van der Waals surface area contributed by atoms with E-state index in [4.69, 9.17) is 11.6 Å². The lowest BCUT2D eigenvalue weighted by molar-refractivity contribution is -0.141. The Balaban J connectivity index is 3.04. The lowest BCUT2D eigenvalue weighted by Crippen LogP contribution is -2.07. The molecule has 0 fully saturated rings. The van der Waals surface area contributed by atoms with Crippen LogP contribution in [0.1, 0.15) is 23.1 Å². The van der Waals surface area contributed by atoms with Crippen molar-refractivity contribution in [3.05, 3.63) is 16.4 Å². The maximum atomic E-state index is 12.2. The first-order chi connectivity index (χ1) is 6.88. The van der Waals surface area contributed by atoms with Crippen LogP contribution in [0.5, 0.6) is 0 Å². The molecule has 0 radical (unpaired) electrons. The van der Waals surface area contributed by atoms with Crippen molar-refractivity contribution in [1.29, 1.82) is 0 Å². The standard InChI is InChI=1S/C7H6ClF3N2O2/c1-2-15-6(14)4-3(8)5(13-12-4)7(9,10)11/h2H2,1H3,(H,12,13). The van der Waals surface area contributed by atoms with Crippen LogP contribution in [-0.2, 0) is 10.9 Å². The summed E-state index contributed by atoms with van der Waals surface area (Å²) >= 11 is 5.33. The molecule has 4 nitrogen and oxygen atoms in total. The van der Waals surface area contributed by atoms with Gasteiger partial charge in [-0.3, -0.25) is 5.10 Å². The largest absolute Gasteiger partial charge is 0.461 e. The molecule has 0 amide bonds. The molecule has 8 heteroatoms. The number of H-pyrrole nitrogens is 1. The Morgan fingerprint density at radius 2 is 2.20 bits per heavy atom. The Bertz CT molecular complexity index is 375. The van der Waals surface area contributed by atoms with Crippen molar-refractivity contribution in [2.45, 2.75) is 13.1 Å². The lowest BCUT2D eigenvalue weighted by atomic mass is 10.3. The third-order valence-corrected chi connectivity index (χ3v) is 1.83. The van der Waals surface area contributed by atoms with Gasteiger partial charge in [-0.2, -0.15) is 18.3 Å². The van der Waals surface area contributed by atoms with Gasteiger partial charge >= 0.3 is 12.1 Å². The maximum Gasteiger partial charge on any atom is 0.434 e. The van der Waals surface area contributed by atoms with Crippen molar-refractivity contribution in [2.24, 2.45) is 0 Å². The third-order valence-electron chi connectivity index (χ3n) is 1.46. The SMILES string of the molecule is CCOC(=O)c1n[nH]c(C(F)(F)F)c1Cl. The van der Waals surface area contributed by atoms with E-state index in [0.717, 1.165) is 0 Å². The minimum absolute atomic E-state index is 0.0311. The summed E-state index contributed by atoms with van der Waals surface area (Å²) in [6.45, 7) is 1.55. The van der Waals surface area contributed by atoms with E-state index in [1.807, 2.05) is 0 Å². The second-order valence-electron chi connectivity index (χ2n) is 2.48. The van der Waals surface area contributed by atoms with E-state index < -0.39 is 28.6 Å². The molecular formula is C7H6ClF3N2O2. The van der Waals surface area contributed by atoms with Crippen molar-refractivity contribution >= 4 is 17.6 Å². The highest BCUT2D eigenvalue weighted by Crippen LogP contribution is 2.34. The van der Waals surface area contributed by atoms with E-state index in [1.165, 1.54) is 6.92 Å². The van der Waals surface area contributed by atoms with Crippen LogP contribution in [0.15, 0.2) is 0 Å². The van der Waals surface area contributed by atoms with Gasteiger partial charge in [-0.15, -0.1) is 0 Å². The Morgan fingerprint density at radius 1 is 1.60 bits per heavy atom.